The van der Waals surface area contributed by atoms with Crippen LogP contribution < -0.4 is 22.5 Å². The summed E-state index contributed by atoms with van der Waals surface area (Å²) in [4.78, 5) is 67.2. The fraction of sp³-hybridized carbons (Fsp3) is 0.700. The van der Waals surface area contributed by atoms with Crippen molar-refractivity contribution in [3.05, 3.63) is 0 Å². The molecular weight excluding hydrogens is 502 g/mol. The zero-order chi connectivity index (χ0) is 29.2. The Labute approximate surface area is 212 Å². The highest BCUT2D eigenvalue weighted by molar-refractivity contribution is 5.77. The van der Waals surface area contributed by atoms with Gasteiger partial charge in [0.25, 0.3) is 0 Å². The van der Waals surface area contributed by atoms with E-state index in [1.165, 1.54) is 0 Å². The zero-order valence-electron chi connectivity index (χ0n) is 20.2. The van der Waals surface area contributed by atoms with Gasteiger partial charge in [-0.1, -0.05) is 6.42 Å². The molecule has 0 aliphatic carbocycles. The molecule has 17 nitrogen and oxygen atoms in total. The lowest BCUT2D eigenvalue weighted by Crippen LogP contribution is -2.65. The van der Waals surface area contributed by atoms with E-state index in [9.17, 15) is 39.0 Å². The predicted octanol–water partition coefficient (Wildman–Crippen LogP) is -2.94. The minimum atomic E-state index is -2.15. The summed E-state index contributed by atoms with van der Waals surface area (Å²) in [5, 5.41) is 56.8. The quantitative estimate of drug-likeness (QED) is 0.0691. The normalized spacial score (nSPS) is 12.6. The monoisotopic (exact) mass is 539 g/mol. The fourth-order valence-corrected chi connectivity index (χ4v) is 3.49. The molecule has 0 radical (unpaired) electrons. The van der Waals surface area contributed by atoms with Crippen LogP contribution in [0.2, 0.25) is 0 Å². The Morgan fingerprint density at radius 1 is 0.730 bits per heavy atom. The van der Waals surface area contributed by atoms with Crippen LogP contribution >= 0.6 is 0 Å². The summed E-state index contributed by atoms with van der Waals surface area (Å²) in [6.07, 6.45) is -0.626. The third kappa shape index (κ3) is 16.1. The first-order valence-electron chi connectivity index (χ1n) is 11.1. The molecule has 0 aromatic carbocycles. The average Bonchev–Trinajstić information content (AvgIpc) is 2.74. The van der Waals surface area contributed by atoms with Gasteiger partial charge in [0.1, 0.15) is 6.04 Å². The maximum atomic E-state index is 11.4. The van der Waals surface area contributed by atoms with Gasteiger partial charge in [-0.05, 0) is 19.4 Å². The zero-order valence-corrected chi connectivity index (χ0v) is 20.2. The first-order chi connectivity index (χ1) is 17.1. The van der Waals surface area contributed by atoms with E-state index < -0.39 is 85.8 Å². The molecule has 0 aromatic rings. The molecule has 0 fully saturated rings. The van der Waals surface area contributed by atoms with Crippen LogP contribution in [0.4, 0.5) is 0 Å². The summed E-state index contributed by atoms with van der Waals surface area (Å²) in [6, 6.07) is -2.11. The van der Waals surface area contributed by atoms with Crippen molar-refractivity contribution in [2.45, 2.75) is 56.1 Å². The maximum Gasteiger partial charge on any atom is 0.320 e. The maximum absolute atomic E-state index is 11.4. The number of nitrogens with two attached hydrogens (primary N) is 3. The Kier molecular flexibility index (Phi) is 18.2. The van der Waals surface area contributed by atoms with Crippen LogP contribution in [0.15, 0.2) is 0 Å². The second kappa shape index (κ2) is 18.8. The highest BCUT2D eigenvalue weighted by Gasteiger charge is 2.49. The van der Waals surface area contributed by atoms with Gasteiger partial charge in [-0.2, -0.15) is 0 Å². The van der Waals surface area contributed by atoms with Gasteiger partial charge in [-0.15, -0.1) is 0 Å². The predicted molar refractivity (Wildman–Crippen MR) is 126 cm³/mol. The number of unbranched alkanes of at least 4 members (excludes halogenated alkanes) is 1. The Morgan fingerprint density at radius 3 is 1.54 bits per heavy atom. The Morgan fingerprint density at radius 2 is 1.22 bits per heavy atom. The van der Waals surface area contributed by atoms with Gasteiger partial charge in [-0.25, -0.2) is 0 Å². The minimum Gasteiger partial charge on any atom is -0.481 e. The van der Waals surface area contributed by atoms with Crippen LogP contribution in [0.1, 0.15) is 38.5 Å². The lowest BCUT2D eigenvalue weighted by molar-refractivity contribution is -0.157. The van der Waals surface area contributed by atoms with E-state index >= 15 is 0 Å². The molecule has 1 unspecified atom stereocenters. The van der Waals surface area contributed by atoms with E-state index in [0.717, 1.165) is 12.8 Å². The second-order valence-electron chi connectivity index (χ2n) is 8.01. The van der Waals surface area contributed by atoms with E-state index in [-0.39, 0.29) is 13.1 Å². The molecular formula is C20H37N5O12. The Hall–Kier alpha value is -3.38. The molecule has 37 heavy (non-hydrogen) atoms. The Bertz CT molecular complexity index is 747. The minimum absolute atomic E-state index is 0.00972. The summed E-state index contributed by atoms with van der Waals surface area (Å²) < 4.78 is 0. The highest BCUT2D eigenvalue weighted by Crippen LogP contribution is 2.31. The van der Waals surface area contributed by atoms with E-state index in [1.54, 1.807) is 0 Å². The first kappa shape index (κ1) is 35.8. The van der Waals surface area contributed by atoms with Crippen molar-refractivity contribution in [3.8, 4) is 0 Å². The number of carboxylic acids is 6. The molecule has 0 saturated carbocycles. The van der Waals surface area contributed by atoms with E-state index in [0.29, 0.717) is 17.9 Å². The number of carbonyl (C=O) groups is 6. The second-order valence-corrected chi connectivity index (χ2v) is 8.01. The lowest BCUT2D eigenvalue weighted by atomic mass is 9.79. The van der Waals surface area contributed by atoms with Gasteiger partial charge in [0, 0.05) is 19.1 Å². The van der Waals surface area contributed by atoms with Crippen molar-refractivity contribution in [3.63, 3.8) is 0 Å². The topological polar surface area (TPSA) is 317 Å². The number of nitrogens with one attached hydrogen (secondary N) is 1. The molecule has 17 heteroatoms. The third-order valence-corrected chi connectivity index (χ3v) is 5.05. The summed E-state index contributed by atoms with van der Waals surface area (Å²) in [7, 11) is 0. The molecule has 0 rings (SSSR count). The fourth-order valence-electron chi connectivity index (χ4n) is 3.49. The van der Waals surface area contributed by atoms with Crippen molar-refractivity contribution in [1.82, 2.24) is 10.2 Å². The summed E-state index contributed by atoms with van der Waals surface area (Å²) in [5.74, 6) is -8.54. The molecule has 0 heterocycles. The van der Waals surface area contributed by atoms with Crippen LogP contribution in [-0.2, 0) is 28.8 Å². The van der Waals surface area contributed by atoms with Crippen LogP contribution in [0.3, 0.4) is 0 Å². The number of rotatable bonds is 20. The number of carboxylic acid groups (broad SMARTS) is 6. The van der Waals surface area contributed by atoms with Crippen LogP contribution in [-0.4, -0.2) is 122 Å². The van der Waals surface area contributed by atoms with E-state index in [4.69, 9.17) is 37.6 Å². The third-order valence-electron chi connectivity index (χ3n) is 5.05. The molecule has 0 spiro atoms. The van der Waals surface area contributed by atoms with Crippen molar-refractivity contribution in [2.75, 3.05) is 32.7 Å². The van der Waals surface area contributed by atoms with Crippen LogP contribution in [0, 0.1) is 0 Å². The summed E-state index contributed by atoms with van der Waals surface area (Å²) in [5.41, 5.74) is 13.6. The largest absolute Gasteiger partial charge is 0.481 e. The van der Waals surface area contributed by atoms with Gasteiger partial charge < -0.3 is 53.2 Å². The van der Waals surface area contributed by atoms with E-state index in [2.05, 4.69) is 5.32 Å². The van der Waals surface area contributed by atoms with Crippen molar-refractivity contribution in [2.24, 2.45) is 17.2 Å². The van der Waals surface area contributed by atoms with Crippen molar-refractivity contribution in [1.29, 1.82) is 0 Å². The van der Waals surface area contributed by atoms with Crippen LogP contribution in [0.5, 0.6) is 0 Å². The lowest BCUT2D eigenvalue weighted by Gasteiger charge is -2.46. The molecule has 0 aliphatic heterocycles. The smallest absolute Gasteiger partial charge is 0.320 e. The SMILES string of the molecule is NCCCC[C@H](N)C(=O)O.NCCNC(CC(=O)O)C(CC(=O)O)(CC(=O)O)N(CC(=O)O)CC(=O)O. The Balaban J connectivity index is 0. The number of hydrogen-bond donors (Lipinski definition) is 10. The molecule has 0 amide bonds. The summed E-state index contributed by atoms with van der Waals surface area (Å²) in [6.45, 7) is -1.45. The van der Waals surface area contributed by atoms with Crippen LogP contribution in [0.25, 0.3) is 0 Å². The molecule has 2 atom stereocenters. The molecule has 13 N–H and O–H groups in total. The number of nitrogens with zero attached hydrogens (tertiary/aromatic N) is 1. The molecule has 214 valence electrons. The number of aliphatic carboxylic acids is 6. The van der Waals surface area contributed by atoms with Crippen molar-refractivity contribution >= 4 is 35.8 Å². The molecule has 0 aromatic heterocycles. The van der Waals surface area contributed by atoms with Crippen molar-refractivity contribution < 1.29 is 59.4 Å². The number of hydrogen-bond acceptors (Lipinski definition) is 11. The summed E-state index contributed by atoms with van der Waals surface area (Å²) >= 11 is 0. The van der Waals surface area contributed by atoms with Gasteiger partial charge in [0.15, 0.2) is 0 Å². The van der Waals surface area contributed by atoms with Gasteiger partial charge in [0.2, 0.25) is 0 Å². The van der Waals surface area contributed by atoms with Gasteiger partial charge >= 0.3 is 35.8 Å². The molecule has 0 aliphatic rings. The van der Waals surface area contributed by atoms with Gasteiger partial charge in [-0.3, -0.25) is 33.7 Å². The average molecular weight is 540 g/mol. The molecule has 0 saturated heterocycles. The van der Waals surface area contributed by atoms with Gasteiger partial charge in [0.05, 0.1) is 37.9 Å². The first-order valence-corrected chi connectivity index (χ1v) is 11.1. The molecule has 0 bridgehead atoms. The standard InChI is InChI=1S/C14H23N3O10.C6H14N2O2/c15-1-2-16-8(3-9(18)19)14(4-10(20)21,5-11(22)23)17(6-12(24)25)7-13(26)27;7-4-2-1-3-5(8)6(9)10/h8,16H,1-7,15H2,(H,18,19)(H,20,21)(H,22,23)(H,24,25)(H,26,27);5H,1-4,7-8H2,(H,9,10)/t;5-/m.0/s1. The van der Waals surface area contributed by atoms with E-state index in [1.807, 2.05) is 0 Å². The highest BCUT2D eigenvalue weighted by atomic mass is 16.4.